The fourth-order valence-electron chi connectivity index (χ4n) is 3.50. The van der Waals surface area contributed by atoms with E-state index in [1.165, 1.54) is 35.5 Å². The molecule has 0 spiro atoms. The largest absolute Gasteiger partial charge is 0.495 e. The number of benzene rings is 2. The first-order chi connectivity index (χ1) is 14.9. The molecular weight excluding hydrogens is 434 g/mol. The molecule has 162 valence electrons. The Balaban J connectivity index is 1.53. The van der Waals surface area contributed by atoms with Gasteiger partial charge in [0.25, 0.3) is 15.9 Å². The topological polar surface area (TPSA) is 97.4 Å². The Labute approximate surface area is 185 Å². The number of rotatable bonds is 6. The first-order valence-corrected chi connectivity index (χ1v) is 12.2. The van der Waals surface area contributed by atoms with Crippen LogP contribution in [-0.2, 0) is 22.9 Å². The standard InChI is InChI=1S/C22H23N3O4S2/c1-14-10-11-18-20(12-14)30-22(23-18)24-21(26)15-6-5-7-16(13-15)31(27,28)25-17-8-3-4-9-19(17)29-2/h3-9,13-14,25H,10-12H2,1-2H3,(H,23,24,26). The summed E-state index contributed by atoms with van der Waals surface area (Å²) in [4.78, 5) is 18.5. The number of carbonyl (C=O) groups is 1. The maximum absolute atomic E-state index is 12.9. The van der Waals surface area contributed by atoms with Crippen LogP contribution in [0.2, 0.25) is 0 Å². The lowest BCUT2D eigenvalue weighted by Crippen LogP contribution is -2.16. The molecule has 1 aliphatic rings. The lowest BCUT2D eigenvalue weighted by atomic mass is 9.93. The molecule has 0 saturated carbocycles. The van der Waals surface area contributed by atoms with Crippen LogP contribution in [0.15, 0.2) is 53.4 Å². The molecule has 2 aromatic carbocycles. The number of fused-ring (bicyclic) bond motifs is 1. The third-order valence-electron chi connectivity index (χ3n) is 5.16. The summed E-state index contributed by atoms with van der Waals surface area (Å²) in [7, 11) is -2.44. The van der Waals surface area contributed by atoms with Crippen molar-refractivity contribution in [1.29, 1.82) is 0 Å². The molecular formula is C22H23N3O4S2. The smallest absolute Gasteiger partial charge is 0.262 e. The van der Waals surface area contributed by atoms with Crippen LogP contribution in [0.4, 0.5) is 10.8 Å². The summed E-state index contributed by atoms with van der Waals surface area (Å²) in [5, 5.41) is 3.36. The van der Waals surface area contributed by atoms with Gasteiger partial charge in [0.1, 0.15) is 5.75 Å². The van der Waals surface area contributed by atoms with E-state index in [-0.39, 0.29) is 10.5 Å². The van der Waals surface area contributed by atoms with Gasteiger partial charge in [-0.1, -0.05) is 25.1 Å². The van der Waals surface area contributed by atoms with E-state index in [0.29, 0.717) is 22.5 Å². The Kier molecular flexibility index (Phi) is 5.97. The van der Waals surface area contributed by atoms with Crippen molar-refractivity contribution in [2.24, 2.45) is 5.92 Å². The molecule has 0 aliphatic heterocycles. The van der Waals surface area contributed by atoms with Gasteiger partial charge < -0.3 is 4.74 Å². The number of hydrogen-bond acceptors (Lipinski definition) is 6. The fraction of sp³-hybridized carbons (Fsp3) is 0.273. The number of nitrogens with one attached hydrogen (secondary N) is 2. The zero-order valence-electron chi connectivity index (χ0n) is 17.2. The number of aromatic nitrogens is 1. The average molecular weight is 458 g/mol. The van der Waals surface area contributed by atoms with Crippen LogP contribution in [0.25, 0.3) is 0 Å². The number of anilines is 2. The highest BCUT2D eigenvalue weighted by Gasteiger charge is 2.22. The minimum absolute atomic E-state index is 0.0154. The molecule has 1 heterocycles. The van der Waals surface area contributed by atoms with Crippen LogP contribution < -0.4 is 14.8 Å². The highest BCUT2D eigenvalue weighted by Crippen LogP contribution is 2.32. The molecule has 1 atom stereocenters. The van der Waals surface area contributed by atoms with Gasteiger partial charge in [-0.3, -0.25) is 14.8 Å². The molecule has 3 aromatic rings. The SMILES string of the molecule is COc1ccccc1NS(=O)(=O)c1cccc(C(=O)Nc2nc3c(s2)CC(C)CC3)c1. The van der Waals surface area contributed by atoms with Gasteiger partial charge in [-0.05, 0) is 55.5 Å². The second-order valence-corrected chi connectivity index (χ2v) is 10.3. The Bertz CT molecular complexity index is 1220. The van der Waals surface area contributed by atoms with E-state index in [1.807, 2.05) is 0 Å². The maximum Gasteiger partial charge on any atom is 0.262 e. The van der Waals surface area contributed by atoms with E-state index in [0.717, 1.165) is 25.0 Å². The summed E-state index contributed by atoms with van der Waals surface area (Å²) in [5.74, 6) is 0.629. The average Bonchev–Trinajstić information content (AvgIpc) is 3.15. The van der Waals surface area contributed by atoms with Crippen molar-refractivity contribution in [2.75, 3.05) is 17.1 Å². The van der Waals surface area contributed by atoms with Crippen molar-refractivity contribution in [1.82, 2.24) is 4.98 Å². The van der Waals surface area contributed by atoms with Gasteiger partial charge in [0.15, 0.2) is 5.13 Å². The highest BCUT2D eigenvalue weighted by atomic mass is 32.2. The first-order valence-electron chi connectivity index (χ1n) is 9.91. The summed E-state index contributed by atoms with van der Waals surface area (Å²) >= 11 is 1.49. The number of hydrogen-bond donors (Lipinski definition) is 2. The molecule has 0 radical (unpaired) electrons. The lowest BCUT2D eigenvalue weighted by Gasteiger charge is -2.15. The quantitative estimate of drug-likeness (QED) is 0.574. The van der Waals surface area contributed by atoms with Crippen LogP contribution in [-0.4, -0.2) is 26.4 Å². The molecule has 1 aromatic heterocycles. The lowest BCUT2D eigenvalue weighted by molar-refractivity contribution is 0.102. The van der Waals surface area contributed by atoms with Gasteiger partial charge in [-0.15, -0.1) is 11.3 Å². The van der Waals surface area contributed by atoms with Crippen molar-refractivity contribution in [2.45, 2.75) is 31.1 Å². The number of thiazole rings is 1. The van der Waals surface area contributed by atoms with E-state index in [4.69, 9.17) is 4.74 Å². The Morgan fingerprint density at radius 3 is 2.81 bits per heavy atom. The Morgan fingerprint density at radius 2 is 2.00 bits per heavy atom. The molecule has 2 N–H and O–H groups in total. The molecule has 1 aliphatic carbocycles. The third-order valence-corrected chi connectivity index (χ3v) is 7.56. The molecule has 1 unspecified atom stereocenters. The number of sulfonamides is 1. The molecule has 9 heteroatoms. The molecule has 0 fully saturated rings. The molecule has 4 rings (SSSR count). The van der Waals surface area contributed by atoms with E-state index in [1.54, 1.807) is 36.4 Å². The third kappa shape index (κ3) is 4.72. The van der Waals surface area contributed by atoms with E-state index >= 15 is 0 Å². The molecule has 7 nitrogen and oxygen atoms in total. The predicted molar refractivity (Wildman–Crippen MR) is 122 cm³/mol. The highest BCUT2D eigenvalue weighted by molar-refractivity contribution is 7.92. The molecule has 0 bridgehead atoms. The Hall–Kier alpha value is -2.91. The number of amides is 1. The second kappa shape index (κ2) is 8.68. The second-order valence-electron chi connectivity index (χ2n) is 7.52. The minimum atomic E-state index is -3.91. The van der Waals surface area contributed by atoms with Crippen molar-refractivity contribution in [3.63, 3.8) is 0 Å². The summed E-state index contributed by atoms with van der Waals surface area (Å²) in [6.07, 6.45) is 3.00. The maximum atomic E-state index is 12.9. The van der Waals surface area contributed by atoms with Gasteiger partial charge in [-0.2, -0.15) is 0 Å². The van der Waals surface area contributed by atoms with Crippen molar-refractivity contribution >= 4 is 38.1 Å². The van der Waals surface area contributed by atoms with Crippen molar-refractivity contribution < 1.29 is 17.9 Å². The summed E-state index contributed by atoms with van der Waals surface area (Å²) < 4.78 is 33.4. The van der Waals surface area contributed by atoms with Crippen LogP contribution >= 0.6 is 11.3 Å². The van der Waals surface area contributed by atoms with Gasteiger partial charge in [-0.25, -0.2) is 13.4 Å². The first kappa shape index (κ1) is 21.3. The normalized spacial score (nSPS) is 15.7. The number of carbonyl (C=O) groups excluding carboxylic acids is 1. The number of nitrogens with zero attached hydrogens (tertiary/aromatic N) is 1. The minimum Gasteiger partial charge on any atom is -0.495 e. The van der Waals surface area contributed by atoms with E-state index in [2.05, 4.69) is 21.9 Å². The van der Waals surface area contributed by atoms with Gasteiger partial charge in [0.2, 0.25) is 0 Å². The number of methoxy groups -OCH3 is 1. The van der Waals surface area contributed by atoms with Gasteiger partial charge in [0.05, 0.1) is 23.4 Å². The monoisotopic (exact) mass is 457 g/mol. The van der Waals surface area contributed by atoms with Crippen LogP contribution in [0.3, 0.4) is 0 Å². The fourth-order valence-corrected chi connectivity index (χ4v) is 5.78. The van der Waals surface area contributed by atoms with Crippen LogP contribution in [0, 0.1) is 5.92 Å². The van der Waals surface area contributed by atoms with Crippen LogP contribution in [0.1, 0.15) is 34.3 Å². The van der Waals surface area contributed by atoms with Crippen molar-refractivity contribution in [3.8, 4) is 5.75 Å². The summed E-state index contributed by atoms with van der Waals surface area (Å²) in [6, 6.07) is 12.6. The zero-order valence-corrected chi connectivity index (χ0v) is 18.8. The van der Waals surface area contributed by atoms with E-state index in [9.17, 15) is 13.2 Å². The van der Waals surface area contributed by atoms with Gasteiger partial charge in [0, 0.05) is 10.4 Å². The summed E-state index contributed by atoms with van der Waals surface area (Å²) in [5.41, 5.74) is 1.61. The van der Waals surface area contributed by atoms with E-state index < -0.39 is 15.9 Å². The number of para-hydroxylation sites is 2. The number of ether oxygens (including phenoxy) is 1. The van der Waals surface area contributed by atoms with Gasteiger partial charge >= 0.3 is 0 Å². The molecule has 31 heavy (non-hydrogen) atoms. The molecule has 1 amide bonds. The number of aryl methyl sites for hydroxylation is 1. The molecule has 0 saturated heterocycles. The Morgan fingerprint density at radius 1 is 1.19 bits per heavy atom. The van der Waals surface area contributed by atoms with Crippen molar-refractivity contribution in [3.05, 3.63) is 64.7 Å². The summed E-state index contributed by atoms with van der Waals surface area (Å²) in [6.45, 7) is 2.21. The van der Waals surface area contributed by atoms with Crippen LogP contribution in [0.5, 0.6) is 5.75 Å². The zero-order chi connectivity index (χ0) is 22.0. The predicted octanol–water partition coefficient (Wildman–Crippen LogP) is 4.33.